The van der Waals surface area contributed by atoms with Gasteiger partial charge in [-0.3, -0.25) is 4.79 Å². The Balaban J connectivity index is 1.22. The molecular formula is C45H34BrFN6O2. The van der Waals surface area contributed by atoms with E-state index in [0.717, 1.165) is 21.2 Å². The van der Waals surface area contributed by atoms with E-state index in [-0.39, 0.29) is 17.8 Å². The number of halogens is 2. The number of para-hydroxylation sites is 1. The lowest BCUT2D eigenvalue weighted by Crippen LogP contribution is -2.48. The molecule has 0 bridgehead atoms. The van der Waals surface area contributed by atoms with E-state index in [9.17, 15) is 9.59 Å². The lowest BCUT2D eigenvalue weighted by molar-refractivity contribution is -0.120. The van der Waals surface area contributed by atoms with E-state index in [4.69, 9.17) is 9.98 Å². The van der Waals surface area contributed by atoms with Gasteiger partial charge in [-0.05, 0) is 59.2 Å². The molecule has 270 valence electrons. The minimum atomic E-state index is -1.41. The molecule has 1 aliphatic heterocycles. The Morgan fingerprint density at radius 2 is 1.25 bits per heavy atom. The van der Waals surface area contributed by atoms with E-state index in [0.29, 0.717) is 22.6 Å². The molecule has 10 heteroatoms. The minimum absolute atomic E-state index is 0.0316. The number of urea groups is 1. The molecule has 0 aliphatic carbocycles. The number of benzodiazepines with no additional fused rings is 1. The Hall–Kier alpha value is -6.65. The van der Waals surface area contributed by atoms with Crippen molar-refractivity contribution in [3.63, 3.8) is 0 Å². The van der Waals surface area contributed by atoms with E-state index in [1.54, 1.807) is 65.8 Å². The highest BCUT2D eigenvalue weighted by atomic mass is 79.9. The highest BCUT2D eigenvalue weighted by Gasteiger charge is 2.39. The molecule has 0 fully saturated rings. The molecule has 0 unspecified atom stereocenters. The number of hydrogen-bond acceptors (Lipinski definition) is 4. The number of carbonyl (C=O) groups is 2. The molecule has 7 aromatic rings. The van der Waals surface area contributed by atoms with Crippen LogP contribution in [-0.2, 0) is 16.9 Å². The number of carbonyl (C=O) groups excluding carboxylic acids is 2. The molecule has 0 saturated carbocycles. The second kappa shape index (κ2) is 15.4. The average Bonchev–Trinajstić information content (AvgIpc) is 3.66. The first-order chi connectivity index (χ1) is 26.9. The predicted octanol–water partition coefficient (Wildman–Crippen LogP) is 9.16. The van der Waals surface area contributed by atoms with E-state index in [1.807, 2.05) is 72.9 Å². The summed E-state index contributed by atoms with van der Waals surface area (Å²) < 4.78 is 18.4. The zero-order valence-corrected chi connectivity index (χ0v) is 31.0. The van der Waals surface area contributed by atoms with Crippen molar-refractivity contribution in [1.29, 1.82) is 0 Å². The van der Waals surface area contributed by atoms with Crippen molar-refractivity contribution < 1.29 is 14.0 Å². The first-order valence-electron chi connectivity index (χ1n) is 17.7. The number of nitrogens with zero attached hydrogens (tertiary/aromatic N) is 4. The summed E-state index contributed by atoms with van der Waals surface area (Å²) in [6, 6.07) is 50.6. The van der Waals surface area contributed by atoms with Crippen LogP contribution in [0.2, 0.25) is 0 Å². The van der Waals surface area contributed by atoms with Gasteiger partial charge in [0.05, 0.1) is 30.0 Å². The summed E-state index contributed by atoms with van der Waals surface area (Å²) in [5, 5.41) is 5.52. The number of fused-ring (bicyclic) bond motifs is 1. The Morgan fingerprint density at radius 3 is 1.85 bits per heavy atom. The average molecular weight is 790 g/mol. The minimum Gasteiger partial charge on any atom is -0.319 e. The Bertz CT molecular complexity index is 2390. The van der Waals surface area contributed by atoms with Crippen molar-refractivity contribution >= 4 is 45.0 Å². The fraction of sp³-hybridized carbons (Fsp3) is 0.0667. The smallest absolute Gasteiger partial charge is 0.319 e. The number of imidazole rings is 1. The maximum Gasteiger partial charge on any atom is 0.321 e. The lowest BCUT2D eigenvalue weighted by atomic mass is 9.77. The van der Waals surface area contributed by atoms with Gasteiger partial charge in [-0.15, -0.1) is 0 Å². The predicted molar refractivity (Wildman–Crippen MR) is 217 cm³/mol. The van der Waals surface area contributed by atoms with Gasteiger partial charge in [-0.1, -0.05) is 137 Å². The molecule has 1 atom stereocenters. The van der Waals surface area contributed by atoms with Crippen molar-refractivity contribution in [1.82, 2.24) is 14.9 Å². The Kier molecular flexibility index (Phi) is 9.89. The number of nitrogens with one attached hydrogen (secondary N) is 2. The fourth-order valence-corrected chi connectivity index (χ4v) is 7.42. The number of benzene rings is 6. The second-order valence-electron chi connectivity index (χ2n) is 13.0. The summed E-state index contributed by atoms with van der Waals surface area (Å²) in [6.07, 6.45) is 2.34. The standard InChI is InChI=1S/C45H34BrFN6O2/c46-34-24-26-35(27-25-34)49-44(55)51-42-43(54)53(40-23-13-11-21-38(40)41(50-42)37-20-10-12-22-39(37)47)29-36-28-52(30-48-36)45(31-14-4-1-5-15-31,32-16-6-2-7-17-32)33-18-8-3-9-19-33/h1-28,30,42H,29H2,(H2,49,51,55)/t42-/m0/s1. The number of aliphatic imine (C=N–C) groups is 1. The summed E-state index contributed by atoms with van der Waals surface area (Å²) in [7, 11) is 0. The van der Waals surface area contributed by atoms with Crippen LogP contribution >= 0.6 is 15.9 Å². The largest absolute Gasteiger partial charge is 0.321 e. The monoisotopic (exact) mass is 788 g/mol. The maximum atomic E-state index is 15.5. The van der Waals surface area contributed by atoms with Crippen LogP contribution in [0, 0.1) is 5.82 Å². The van der Waals surface area contributed by atoms with Crippen LogP contribution in [0.1, 0.15) is 33.5 Å². The zero-order chi connectivity index (χ0) is 37.8. The van der Waals surface area contributed by atoms with Crippen molar-refractivity contribution in [2.45, 2.75) is 18.2 Å². The number of aromatic nitrogens is 2. The van der Waals surface area contributed by atoms with Crippen LogP contribution in [0.4, 0.5) is 20.6 Å². The van der Waals surface area contributed by atoms with Crippen LogP contribution in [0.5, 0.6) is 0 Å². The summed E-state index contributed by atoms with van der Waals surface area (Å²) in [6.45, 7) is 0.0316. The first-order valence-corrected chi connectivity index (χ1v) is 18.5. The van der Waals surface area contributed by atoms with Crippen LogP contribution < -0.4 is 15.5 Å². The van der Waals surface area contributed by atoms with Crippen molar-refractivity contribution in [2.75, 3.05) is 10.2 Å². The van der Waals surface area contributed by atoms with Gasteiger partial charge in [0.2, 0.25) is 6.17 Å². The molecule has 2 heterocycles. The van der Waals surface area contributed by atoms with Crippen LogP contribution in [0.3, 0.4) is 0 Å². The summed E-state index contributed by atoms with van der Waals surface area (Å²) in [5.74, 6) is -1.02. The van der Waals surface area contributed by atoms with E-state index >= 15 is 4.39 Å². The Labute approximate surface area is 326 Å². The van der Waals surface area contributed by atoms with Gasteiger partial charge in [0.1, 0.15) is 11.4 Å². The molecule has 0 radical (unpaired) electrons. The number of anilines is 2. The SMILES string of the molecule is O=C(Nc1ccc(Br)cc1)N[C@@H]1N=C(c2ccccc2F)c2ccccc2N(Cc2cn(C(c3ccccc3)(c3ccccc3)c3ccccc3)cn2)C1=O. The topological polar surface area (TPSA) is 91.6 Å². The van der Waals surface area contributed by atoms with Crippen LogP contribution in [0.15, 0.2) is 186 Å². The molecule has 3 amide bonds. The fourth-order valence-electron chi connectivity index (χ4n) is 7.15. The molecule has 0 saturated heterocycles. The summed E-state index contributed by atoms with van der Waals surface area (Å²) in [4.78, 5) is 39.4. The zero-order valence-electron chi connectivity index (χ0n) is 29.4. The molecule has 1 aromatic heterocycles. The van der Waals surface area contributed by atoms with Gasteiger partial charge in [-0.25, -0.2) is 19.2 Å². The number of hydrogen-bond donors (Lipinski definition) is 2. The number of rotatable bonds is 9. The van der Waals surface area contributed by atoms with Crippen molar-refractivity contribution in [2.24, 2.45) is 4.99 Å². The van der Waals surface area contributed by atoms with Gasteiger partial charge in [-0.2, -0.15) is 0 Å². The highest BCUT2D eigenvalue weighted by molar-refractivity contribution is 9.10. The van der Waals surface area contributed by atoms with Gasteiger partial charge in [0.25, 0.3) is 5.91 Å². The number of amides is 3. The van der Waals surface area contributed by atoms with E-state index in [2.05, 4.69) is 67.5 Å². The van der Waals surface area contributed by atoms with Gasteiger partial charge in [0.15, 0.2) is 0 Å². The highest BCUT2D eigenvalue weighted by Crippen LogP contribution is 2.41. The van der Waals surface area contributed by atoms with Crippen LogP contribution in [0.25, 0.3) is 0 Å². The summed E-state index contributed by atoms with van der Waals surface area (Å²) >= 11 is 3.40. The molecule has 1 aliphatic rings. The molecule has 8 nitrogen and oxygen atoms in total. The maximum absolute atomic E-state index is 15.5. The second-order valence-corrected chi connectivity index (χ2v) is 13.9. The quantitative estimate of drug-likeness (QED) is 0.143. The third-order valence-electron chi connectivity index (χ3n) is 9.63. The molecule has 55 heavy (non-hydrogen) atoms. The van der Waals surface area contributed by atoms with Gasteiger partial charge >= 0.3 is 6.03 Å². The van der Waals surface area contributed by atoms with E-state index < -0.39 is 29.5 Å². The first kappa shape index (κ1) is 35.4. The summed E-state index contributed by atoms with van der Waals surface area (Å²) in [5.41, 5.74) is 4.84. The molecule has 0 spiro atoms. The normalized spacial score (nSPS) is 14.1. The molecular weight excluding hydrogens is 755 g/mol. The Morgan fingerprint density at radius 1 is 0.709 bits per heavy atom. The molecule has 2 N–H and O–H groups in total. The van der Waals surface area contributed by atoms with Gasteiger partial charge < -0.3 is 20.1 Å². The third kappa shape index (κ3) is 6.95. The van der Waals surface area contributed by atoms with Crippen LogP contribution in [-0.4, -0.2) is 33.4 Å². The molecule has 6 aromatic carbocycles. The molecule has 8 rings (SSSR count). The van der Waals surface area contributed by atoms with Gasteiger partial charge in [0, 0.05) is 27.5 Å². The van der Waals surface area contributed by atoms with Crippen molar-refractivity contribution in [3.8, 4) is 0 Å². The third-order valence-corrected chi connectivity index (χ3v) is 10.2. The van der Waals surface area contributed by atoms with E-state index in [1.165, 1.54) is 6.07 Å². The lowest BCUT2D eigenvalue weighted by Gasteiger charge is -2.37. The van der Waals surface area contributed by atoms with Crippen molar-refractivity contribution in [3.05, 3.63) is 220 Å².